The standard InChI is InChI=1S/C18H24N4OS/c1-24-18-7-6-17(20-21-18)19-12-14-2-4-15(5-3-14)13-22-10-8-16(23)9-11-22/h2-7,16,23H,8-13H2,1H3,(H,19,20). The van der Waals surface area contributed by atoms with E-state index in [0.717, 1.165) is 49.9 Å². The first-order valence-corrected chi connectivity index (χ1v) is 9.55. The normalized spacial score (nSPS) is 16.2. The third kappa shape index (κ3) is 4.93. The van der Waals surface area contributed by atoms with Crippen molar-refractivity contribution in [3.63, 3.8) is 0 Å². The van der Waals surface area contributed by atoms with Crippen LogP contribution in [0.25, 0.3) is 0 Å². The van der Waals surface area contributed by atoms with Gasteiger partial charge in [-0.25, -0.2) is 0 Å². The molecule has 1 aliphatic heterocycles. The van der Waals surface area contributed by atoms with Gasteiger partial charge in [-0.1, -0.05) is 24.3 Å². The Kier molecular flexibility index (Phi) is 6.07. The van der Waals surface area contributed by atoms with Gasteiger partial charge in [-0.2, -0.15) is 0 Å². The summed E-state index contributed by atoms with van der Waals surface area (Å²) in [7, 11) is 0. The van der Waals surface area contributed by atoms with E-state index in [1.54, 1.807) is 11.8 Å². The second-order valence-corrected chi connectivity index (χ2v) is 6.96. The maximum Gasteiger partial charge on any atom is 0.148 e. The summed E-state index contributed by atoms with van der Waals surface area (Å²) in [5, 5.41) is 22.1. The first kappa shape index (κ1) is 17.2. The summed E-state index contributed by atoms with van der Waals surface area (Å²) in [4.78, 5) is 2.41. The number of likely N-dealkylation sites (tertiary alicyclic amines) is 1. The first-order chi connectivity index (χ1) is 11.7. The monoisotopic (exact) mass is 344 g/mol. The second kappa shape index (κ2) is 8.46. The van der Waals surface area contributed by atoms with Crippen LogP contribution in [0.5, 0.6) is 0 Å². The number of anilines is 1. The quantitative estimate of drug-likeness (QED) is 0.786. The summed E-state index contributed by atoms with van der Waals surface area (Å²) in [6.45, 7) is 3.66. The van der Waals surface area contributed by atoms with Gasteiger partial charge in [0.25, 0.3) is 0 Å². The molecule has 2 heterocycles. The van der Waals surface area contributed by atoms with Gasteiger partial charge >= 0.3 is 0 Å². The van der Waals surface area contributed by atoms with Crippen LogP contribution in [0, 0.1) is 0 Å². The lowest BCUT2D eigenvalue weighted by Gasteiger charge is -2.29. The van der Waals surface area contributed by atoms with Gasteiger partial charge in [0, 0.05) is 26.2 Å². The number of hydrogen-bond donors (Lipinski definition) is 2. The molecule has 1 fully saturated rings. The number of aromatic nitrogens is 2. The molecule has 0 atom stereocenters. The Morgan fingerprint density at radius 2 is 1.79 bits per heavy atom. The molecule has 6 heteroatoms. The Morgan fingerprint density at radius 1 is 1.08 bits per heavy atom. The molecule has 0 aliphatic carbocycles. The summed E-state index contributed by atoms with van der Waals surface area (Å²) in [6, 6.07) is 12.6. The van der Waals surface area contributed by atoms with E-state index in [-0.39, 0.29) is 6.10 Å². The lowest BCUT2D eigenvalue weighted by atomic mass is 10.1. The number of aliphatic hydroxyl groups excluding tert-OH is 1. The van der Waals surface area contributed by atoms with Gasteiger partial charge in [-0.05, 0) is 42.4 Å². The van der Waals surface area contributed by atoms with Crippen LogP contribution in [0.4, 0.5) is 5.82 Å². The summed E-state index contributed by atoms with van der Waals surface area (Å²) in [5.74, 6) is 0.795. The molecule has 2 aromatic rings. The van der Waals surface area contributed by atoms with Crippen LogP contribution in [0.1, 0.15) is 24.0 Å². The van der Waals surface area contributed by atoms with E-state index in [1.807, 2.05) is 18.4 Å². The summed E-state index contributed by atoms with van der Waals surface area (Å²) >= 11 is 1.59. The molecule has 128 valence electrons. The largest absolute Gasteiger partial charge is 0.393 e. The molecule has 0 unspecified atom stereocenters. The number of benzene rings is 1. The molecule has 1 saturated heterocycles. The Balaban J connectivity index is 1.48. The lowest BCUT2D eigenvalue weighted by Crippen LogP contribution is -2.35. The average molecular weight is 344 g/mol. The van der Waals surface area contributed by atoms with E-state index < -0.39 is 0 Å². The number of thioether (sulfide) groups is 1. The molecule has 0 radical (unpaired) electrons. The van der Waals surface area contributed by atoms with Crippen molar-refractivity contribution in [2.24, 2.45) is 0 Å². The minimum Gasteiger partial charge on any atom is -0.393 e. The van der Waals surface area contributed by atoms with Crippen molar-refractivity contribution < 1.29 is 5.11 Å². The van der Waals surface area contributed by atoms with Crippen LogP contribution < -0.4 is 5.32 Å². The zero-order valence-electron chi connectivity index (χ0n) is 14.0. The minimum atomic E-state index is -0.109. The molecule has 3 rings (SSSR count). The fraction of sp³-hybridized carbons (Fsp3) is 0.444. The molecule has 1 aromatic carbocycles. The highest BCUT2D eigenvalue weighted by molar-refractivity contribution is 7.98. The highest BCUT2D eigenvalue weighted by atomic mass is 32.2. The zero-order valence-corrected chi connectivity index (χ0v) is 14.8. The maximum atomic E-state index is 9.57. The molecule has 0 spiro atoms. The van der Waals surface area contributed by atoms with Gasteiger partial charge in [0.05, 0.1) is 6.10 Å². The Morgan fingerprint density at radius 3 is 2.42 bits per heavy atom. The van der Waals surface area contributed by atoms with E-state index in [9.17, 15) is 5.11 Å². The third-order valence-corrected chi connectivity index (χ3v) is 4.95. The molecular formula is C18H24N4OS. The van der Waals surface area contributed by atoms with Crippen molar-refractivity contribution in [3.8, 4) is 0 Å². The third-order valence-electron chi connectivity index (χ3n) is 4.31. The number of rotatable bonds is 6. The number of hydrogen-bond acceptors (Lipinski definition) is 6. The molecule has 1 aromatic heterocycles. The molecule has 5 nitrogen and oxygen atoms in total. The molecule has 1 aliphatic rings. The molecule has 2 N–H and O–H groups in total. The summed E-state index contributed by atoms with van der Waals surface area (Å²) in [5.41, 5.74) is 2.54. The van der Waals surface area contributed by atoms with Gasteiger partial charge < -0.3 is 10.4 Å². The van der Waals surface area contributed by atoms with Crippen LogP contribution in [-0.2, 0) is 13.1 Å². The minimum absolute atomic E-state index is 0.109. The lowest BCUT2D eigenvalue weighted by molar-refractivity contribution is 0.0792. The van der Waals surface area contributed by atoms with E-state index in [0.29, 0.717) is 0 Å². The van der Waals surface area contributed by atoms with E-state index in [4.69, 9.17) is 0 Å². The molecule has 24 heavy (non-hydrogen) atoms. The predicted molar refractivity (Wildman–Crippen MR) is 98.1 cm³/mol. The Labute approximate surface area is 147 Å². The van der Waals surface area contributed by atoms with Crippen molar-refractivity contribution in [2.45, 2.75) is 37.1 Å². The van der Waals surface area contributed by atoms with Crippen LogP contribution in [0.2, 0.25) is 0 Å². The fourth-order valence-corrected chi connectivity index (χ4v) is 3.14. The van der Waals surface area contributed by atoms with Gasteiger partial charge in [-0.3, -0.25) is 4.90 Å². The number of nitrogens with one attached hydrogen (secondary N) is 1. The molecule has 0 saturated carbocycles. The Bertz CT molecular complexity index is 624. The predicted octanol–water partition coefficient (Wildman–Crippen LogP) is 2.77. The van der Waals surface area contributed by atoms with E-state index >= 15 is 0 Å². The topological polar surface area (TPSA) is 61.3 Å². The highest BCUT2D eigenvalue weighted by Crippen LogP contribution is 2.15. The number of piperidine rings is 1. The molecular weight excluding hydrogens is 320 g/mol. The van der Waals surface area contributed by atoms with Crippen molar-refractivity contribution in [2.75, 3.05) is 24.7 Å². The Hall–Kier alpha value is -1.63. The van der Waals surface area contributed by atoms with Crippen LogP contribution >= 0.6 is 11.8 Å². The summed E-state index contributed by atoms with van der Waals surface area (Å²) < 4.78 is 0. The van der Waals surface area contributed by atoms with Crippen LogP contribution in [0.15, 0.2) is 41.4 Å². The fourth-order valence-electron chi connectivity index (χ4n) is 2.81. The van der Waals surface area contributed by atoms with Crippen molar-refractivity contribution in [1.82, 2.24) is 15.1 Å². The van der Waals surface area contributed by atoms with Crippen molar-refractivity contribution in [3.05, 3.63) is 47.5 Å². The summed E-state index contributed by atoms with van der Waals surface area (Å²) in [6.07, 6.45) is 3.66. The second-order valence-electron chi connectivity index (χ2n) is 6.14. The highest BCUT2D eigenvalue weighted by Gasteiger charge is 2.16. The maximum absolute atomic E-state index is 9.57. The van der Waals surface area contributed by atoms with Gasteiger partial charge in [-0.15, -0.1) is 22.0 Å². The van der Waals surface area contributed by atoms with Crippen LogP contribution in [0.3, 0.4) is 0 Å². The van der Waals surface area contributed by atoms with Gasteiger partial charge in [0.1, 0.15) is 10.8 Å². The number of nitrogens with zero attached hydrogens (tertiary/aromatic N) is 3. The molecule has 0 bridgehead atoms. The van der Waals surface area contributed by atoms with Crippen molar-refractivity contribution >= 4 is 17.6 Å². The molecule has 0 amide bonds. The van der Waals surface area contributed by atoms with E-state index in [2.05, 4.69) is 44.7 Å². The SMILES string of the molecule is CSc1ccc(NCc2ccc(CN3CCC(O)CC3)cc2)nn1. The van der Waals surface area contributed by atoms with Crippen molar-refractivity contribution in [1.29, 1.82) is 0 Å². The van der Waals surface area contributed by atoms with Gasteiger partial charge in [0.2, 0.25) is 0 Å². The van der Waals surface area contributed by atoms with Gasteiger partial charge in [0.15, 0.2) is 0 Å². The number of aliphatic hydroxyl groups is 1. The first-order valence-electron chi connectivity index (χ1n) is 8.33. The zero-order chi connectivity index (χ0) is 16.8. The van der Waals surface area contributed by atoms with Crippen LogP contribution in [-0.4, -0.2) is 45.7 Å². The average Bonchev–Trinajstić information content (AvgIpc) is 2.63. The van der Waals surface area contributed by atoms with E-state index in [1.165, 1.54) is 11.1 Å². The smallest absolute Gasteiger partial charge is 0.148 e.